The highest BCUT2D eigenvalue weighted by Crippen LogP contribution is 2.25. The summed E-state index contributed by atoms with van der Waals surface area (Å²) < 4.78 is 10.1. The van der Waals surface area contributed by atoms with Crippen molar-refractivity contribution >= 4 is 12.0 Å². The zero-order valence-electron chi connectivity index (χ0n) is 8.10. The molecule has 0 unspecified atom stereocenters. The summed E-state index contributed by atoms with van der Waals surface area (Å²) in [5.41, 5.74) is 0. The largest absolute Gasteiger partial charge is 0.493 e. The van der Waals surface area contributed by atoms with Gasteiger partial charge in [0, 0.05) is 0 Å². The van der Waals surface area contributed by atoms with Gasteiger partial charge in [0.2, 0.25) is 6.08 Å². The van der Waals surface area contributed by atoms with Crippen molar-refractivity contribution in [3.8, 4) is 11.5 Å². The molecular weight excluding hydrogens is 198 g/mol. The Morgan fingerprint density at radius 1 is 1.40 bits per heavy atom. The molecule has 1 aromatic carbocycles. The van der Waals surface area contributed by atoms with Crippen LogP contribution in [0.3, 0.4) is 0 Å². The molecule has 0 aliphatic rings. The second-order valence-corrected chi connectivity index (χ2v) is 2.54. The number of hydrogen-bond acceptors (Lipinski definition) is 4. The summed E-state index contributed by atoms with van der Waals surface area (Å²) >= 11 is 0. The molecule has 0 aliphatic carbocycles. The van der Waals surface area contributed by atoms with Gasteiger partial charge in [-0.25, -0.2) is 4.79 Å². The summed E-state index contributed by atoms with van der Waals surface area (Å²) in [6, 6.07) is 6.86. The number of hydrogen-bond donors (Lipinski definition) is 0. The van der Waals surface area contributed by atoms with Crippen LogP contribution < -0.4 is 9.47 Å². The second-order valence-electron chi connectivity index (χ2n) is 2.54. The van der Waals surface area contributed by atoms with E-state index in [9.17, 15) is 9.59 Å². The van der Waals surface area contributed by atoms with E-state index in [-0.39, 0.29) is 6.61 Å². The maximum atomic E-state index is 10.8. The van der Waals surface area contributed by atoms with Gasteiger partial charge < -0.3 is 9.47 Å². The van der Waals surface area contributed by atoms with E-state index < -0.39 is 5.91 Å². The number of carbonyl (C=O) groups is 1. The lowest BCUT2D eigenvalue weighted by Gasteiger charge is -2.07. The second kappa shape index (κ2) is 5.57. The molecule has 0 saturated heterocycles. The minimum atomic E-state index is -0.684. The molecule has 0 saturated carbocycles. The number of amides is 1. The first kappa shape index (κ1) is 10.9. The number of para-hydroxylation sites is 2. The lowest BCUT2D eigenvalue weighted by molar-refractivity contribution is -0.119. The van der Waals surface area contributed by atoms with E-state index in [1.165, 1.54) is 7.11 Å². The van der Waals surface area contributed by atoms with Gasteiger partial charge in [-0.2, -0.15) is 0 Å². The molecule has 1 amide bonds. The van der Waals surface area contributed by atoms with Crippen LogP contribution in [-0.2, 0) is 9.59 Å². The van der Waals surface area contributed by atoms with E-state index in [4.69, 9.17) is 9.47 Å². The molecule has 15 heavy (non-hydrogen) atoms. The van der Waals surface area contributed by atoms with Crippen molar-refractivity contribution in [2.75, 3.05) is 13.7 Å². The van der Waals surface area contributed by atoms with Crippen LogP contribution in [0.1, 0.15) is 0 Å². The van der Waals surface area contributed by atoms with Crippen LogP contribution in [0.5, 0.6) is 11.5 Å². The molecule has 0 bridgehead atoms. The van der Waals surface area contributed by atoms with Crippen LogP contribution in [0.4, 0.5) is 0 Å². The number of aliphatic imine (C=N–C) groups is 1. The molecule has 78 valence electrons. The molecule has 0 aromatic heterocycles. The quantitative estimate of drug-likeness (QED) is 0.544. The highest BCUT2D eigenvalue weighted by atomic mass is 16.5. The Hall–Kier alpha value is -2.13. The number of rotatable bonds is 4. The molecule has 1 aromatic rings. The number of ether oxygens (including phenoxy) is 2. The number of isocyanates is 1. The molecule has 1 rings (SSSR count). The summed E-state index contributed by atoms with van der Waals surface area (Å²) in [5.74, 6) is 0.255. The Labute approximate surface area is 86.3 Å². The summed E-state index contributed by atoms with van der Waals surface area (Å²) in [4.78, 5) is 23.5. The lowest BCUT2D eigenvalue weighted by atomic mass is 10.3. The van der Waals surface area contributed by atoms with Gasteiger partial charge in [0.25, 0.3) is 5.91 Å². The summed E-state index contributed by atoms with van der Waals surface area (Å²) in [7, 11) is 1.49. The first-order chi connectivity index (χ1) is 7.27. The fourth-order valence-corrected chi connectivity index (χ4v) is 0.961. The Morgan fingerprint density at radius 2 is 2.07 bits per heavy atom. The van der Waals surface area contributed by atoms with Gasteiger partial charge in [-0.1, -0.05) is 12.1 Å². The number of benzene rings is 1. The van der Waals surface area contributed by atoms with Crippen LogP contribution in [0.25, 0.3) is 0 Å². The van der Waals surface area contributed by atoms with Crippen molar-refractivity contribution in [3.05, 3.63) is 24.3 Å². The molecule has 0 aliphatic heterocycles. The Kier molecular flexibility index (Phi) is 4.06. The van der Waals surface area contributed by atoms with E-state index in [2.05, 4.69) is 4.99 Å². The minimum absolute atomic E-state index is 0.310. The highest BCUT2D eigenvalue weighted by Gasteiger charge is 2.05. The normalized spacial score (nSPS) is 8.87. The fourth-order valence-electron chi connectivity index (χ4n) is 0.961. The molecule has 5 heteroatoms. The maximum Gasteiger partial charge on any atom is 0.294 e. The maximum absolute atomic E-state index is 10.8. The molecule has 0 atom stereocenters. The summed E-state index contributed by atoms with van der Waals surface area (Å²) in [6.07, 6.45) is 1.15. The van der Waals surface area contributed by atoms with E-state index in [0.29, 0.717) is 11.5 Å². The zero-order valence-corrected chi connectivity index (χ0v) is 8.10. The Balaban J connectivity index is 2.64. The Morgan fingerprint density at radius 3 is 2.67 bits per heavy atom. The predicted molar refractivity (Wildman–Crippen MR) is 51.6 cm³/mol. The van der Waals surface area contributed by atoms with E-state index >= 15 is 0 Å². The average molecular weight is 207 g/mol. The molecule has 0 heterocycles. The van der Waals surface area contributed by atoms with Crippen molar-refractivity contribution in [2.24, 2.45) is 4.99 Å². The van der Waals surface area contributed by atoms with Crippen molar-refractivity contribution in [1.82, 2.24) is 0 Å². The van der Waals surface area contributed by atoms with Gasteiger partial charge in [-0.15, -0.1) is 4.99 Å². The molecule has 5 nitrogen and oxygen atoms in total. The minimum Gasteiger partial charge on any atom is -0.493 e. The Bertz CT molecular complexity index is 396. The van der Waals surface area contributed by atoms with Crippen LogP contribution in [0.15, 0.2) is 29.3 Å². The van der Waals surface area contributed by atoms with Crippen molar-refractivity contribution in [2.45, 2.75) is 0 Å². The fraction of sp³-hybridized carbons (Fsp3) is 0.200. The standard InChI is InChI=1S/C10H9NO4/c1-14-8-4-2-3-5-9(8)15-6-10(13)11-7-12/h2-5H,6H2,1H3. The third kappa shape index (κ3) is 3.25. The van der Waals surface area contributed by atoms with Crippen LogP contribution in [-0.4, -0.2) is 25.7 Å². The monoisotopic (exact) mass is 207 g/mol. The lowest BCUT2D eigenvalue weighted by Crippen LogP contribution is -2.08. The molecule has 0 spiro atoms. The molecule has 0 fully saturated rings. The van der Waals surface area contributed by atoms with Crippen LogP contribution in [0, 0.1) is 0 Å². The van der Waals surface area contributed by atoms with Crippen molar-refractivity contribution in [3.63, 3.8) is 0 Å². The first-order valence-corrected chi connectivity index (χ1v) is 4.14. The molecule has 0 N–H and O–H groups in total. The average Bonchev–Trinajstić information content (AvgIpc) is 2.27. The van der Waals surface area contributed by atoms with Gasteiger partial charge in [-0.05, 0) is 12.1 Å². The summed E-state index contributed by atoms with van der Waals surface area (Å²) in [5, 5.41) is 0. The van der Waals surface area contributed by atoms with Crippen LogP contribution >= 0.6 is 0 Å². The first-order valence-electron chi connectivity index (χ1n) is 4.14. The number of methoxy groups -OCH3 is 1. The summed E-state index contributed by atoms with van der Waals surface area (Å²) in [6.45, 7) is -0.310. The van der Waals surface area contributed by atoms with Gasteiger partial charge in [0.15, 0.2) is 18.1 Å². The van der Waals surface area contributed by atoms with E-state index in [1.54, 1.807) is 24.3 Å². The molecule has 0 radical (unpaired) electrons. The number of nitrogens with zero attached hydrogens (tertiary/aromatic N) is 1. The van der Waals surface area contributed by atoms with E-state index in [0.717, 1.165) is 6.08 Å². The third-order valence-corrected chi connectivity index (χ3v) is 1.59. The zero-order chi connectivity index (χ0) is 11.1. The van der Waals surface area contributed by atoms with Crippen LogP contribution in [0.2, 0.25) is 0 Å². The van der Waals surface area contributed by atoms with E-state index in [1.807, 2.05) is 0 Å². The number of carbonyl (C=O) groups excluding carboxylic acids is 2. The topological polar surface area (TPSA) is 65.0 Å². The van der Waals surface area contributed by atoms with Crippen molar-refractivity contribution < 1.29 is 19.1 Å². The van der Waals surface area contributed by atoms with Gasteiger partial charge in [-0.3, -0.25) is 4.79 Å². The van der Waals surface area contributed by atoms with Crippen molar-refractivity contribution in [1.29, 1.82) is 0 Å². The molecular formula is C10H9NO4. The van der Waals surface area contributed by atoms with Gasteiger partial charge in [0.05, 0.1) is 7.11 Å². The predicted octanol–water partition coefficient (Wildman–Crippen LogP) is 0.936. The third-order valence-electron chi connectivity index (χ3n) is 1.59. The SMILES string of the molecule is COc1ccccc1OCC(=O)N=C=O. The highest BCUT2D eigenvalue weighted by molar-refractivity contribution is 5.82. The van der Waals surface area contributed by atoms with Gasteiger partial charge >= 0.3 is 0 Å². The van der Waals surface area contributed by atoms with Gasteiger partial charge in [0.1, 0.15) is 0 Å². The smallest absolute Gasteiger partial charge is 0.294 e.